The van der Waals surface area contributed by atoms with Gasteiger partial charge in [-0.1, -0.05) is 18.3 Å². The van der Waals surface area contributed by atoms with Gasteiger partial charge in [0.05, 0.1) is 11.3 Å². The monoisotopic (exact) mass is 278 g/mol. The van der Waals surface area contributed by atoms with Crippen molar-refractivity contribution in [1.82, 2.24) is 0 Å². The van der Waals surface area contributed by atoms with Crippen molar-refractivity contribution in [1.29, 1.82) is 0 Å². The third kappa shape index (κ3) is 2.79. The van der Waals surface area contributed by atoms with Crippen molar-refractivity contribution < 1.29 is 13.6 Å². The molecule has 1 heterocycles. The molecule has 0 aliphatic heterocycles. The summed E-state index contributed by atoms with van der Waals surface area (Å²) in [6, 6.07) is 7.39. The summed E-state index contributed by atoms with van der Waals surface area (Å²) in [5, 5.41) is 2.52. The minimum absolute atomic E-state index is 0.00845. The molecule has 0 radical (unpaired) electrons. The van der Waals surface area contributed by atoms with E-state index in [9.17, 15) is 9.18 Å². The number of nitrogens with two attached hydrogens (primary N) is 1. The molecule has 19 heavy (non-hydrogen) atoms. The van der Waals surface area contributed by atoms with Gasteiger partial charge >= 0.3 is 0 Å². The average molecular weight is 278 g/mol. The molecule has 0 aliphatic rings. The molecule has 0 fully saturated rings. The highest BCUT2D eigenvalue weighted by molar-refractivity contribution is 7.80. The summed E-state index contributed by atoms with van der Waals surface area (Å²) in [4.78, 5) is 11.8. The molecule has 98 valence electrons. The minimum atomic E-state index is -0.582. The molecule has 4 nitrogen and oxygen atoms in total. The molecule has 0 bridgehead atoms. The first-order valence-corrected chi connectivity index (χ1v) is 5.86. The van der Waals surface area contributed by atoms with Crippen molar-refractivity contribution in [2.75, 3.05) is 5.32 Å². The number of carbonyl (C=O) groups excluding carboxylic acids is 1. The maximum Gasteiger partial charge on any atom is 0.291 e. The number of aryl methyl sites for hydroxylation is 1. The van der Waals surface area contributed by atoms with Crippen molar-refractivity contribution >= 4 is 28.8 Å². The second-order valence-corrected chi connectivity index (χ2v) is 4.33. The zero-order valence-corrected chi connectivity index (χ0v) is 10.9. The molecule has 0 unspecified atom stereocenters. The summed E-state index contributed by atoms with van der Waals surface area (Å²) in [5.41, 5.74) is 5.67. The number of thiocarbonyl (C=S) groups is 1. The van der Waals surface area contributed by atoms with Crippen LogP contribution in [0.25, 0.3) is 0 Å². The molecule has 0 saturated heterocycles. The largest absolute Gasteiger partial charge is 0.456 e. The number of anilines is 1. The van der Waals surface area contributed by atoms with E-state index in [0.29, 0.717) is 5.76 Å². The molecule has 1 aromatic heterocycles. The molecule has 1 amide bonds. The van der Waals surface area contributed by atoms with Gasteiger partial charge in [0.25, 0.3) is 5.91 Å². The van der Waals surface area contributed by atoms with Gasteiger partial charge in [0.2, 0.25) is 0 Å². The smallest absolute Gasteiger partial charge is 0.291 e. The van der Waals surface area contributed by atoms with E-state index in [-0.39, 0.29) is 22.0 Å². The summed E-state index contributed by atoms with van der Waals surface area (Å²) in [5.74, 6) is -0.327. The van der Waals surface area contributed by atoms with Crippen molar-refractivity contribution in [2.45, 2.75) is 6.92 Å². The summed E-state index contributed by atoms with van der Waals surface area (Å²) in [7, 11) is 0. The first-order chi connectivity index (χ1) is 8.99. The van der Waals surface area contributed by atoms with Gasteiger partial charge in [0.1, 0.15) is 16.6 Å². The quantitative estimate of drug-likeness (QED) is 0.847. The standard InChI is InChI=1S/C13H11FN2O2S/c1-7-5-6-10(18-7)13(17)16-9-4-2-3-8(14)11(9)12(15)19/h2-6H,1H3,(H2,15,19)(H,16,17). The van der Waals surface area contributed by atoms with E-state index in [4.69, 9.17) is 22.4 Å². The summed E-state index contributed by atoms with van der Waals surface area (Å²) >= 11 is 4.77. The molecule has 2 aromatic rings. The maximum absolute atomic E-state index is 13.6. The SMILES string of the molecule is Cc1ccc(C(=O)Nc2cccc(F)c2C(N)=S)o1. The van der Waals surface area contributed by atoms with Crippen LogP contribution in [0.2, 0.25) is 0 Å². The highest BCUT2D eigenvalue weighted by atomic mass is 32.1. The van der Waals surface area contributed by atoms with Gasteiger partial charge in [-0.3, -0.25) is 4.79 Å². The lowest BCUT2D eigenvalue weighted by molar-refractivity contribution is 0.0995. The molecule has 0 aliphatic carbocycles. The van der Waals surface area contributed by atoms with Crippen LogP contribution in [-0.2, 0) is 0 Å². The number of amides is 1. The summed E-state index contributed by atoms with van der Waals surface area (Å²) < 4.78 is 18.8. The number of furan rings is 1. The fourth-order valence-electron chi connectivity index (χ4n) is 1.62. The first kappa shape index (κ1) is 13.2. The Labute approximate surface area is 114 Å². The van der Waals surface area contributed by atoms with Crippen molar-refractivity contribution in [3.8, 4) is 0 Å². The van der Waals surface area contributed by atoms with Crippen LogP contribution in [0.15, 0.2) is 34.7 Å². The third-order valence-electron chi connectivity index (χ3n) is 2.47. The highest BCUT2D eigenvalue weighted by Crippen LogP contribution is 2.20. The Bertz CT molecular complexity index is 652. The van der Waals surface area contributed by atoms with Crippen LogP contribution in [0.5, 0.6) is 0 Å². The second-order valence-electron chi connectivity index (χ2n) is 3.89. The number of hydrogen-bond donors (Lipinski definition) is 2. The average Bonchev–Trinajstić information content (AvgIpc) is 2.75. The number of hydrogen-bond acceptors (Lipinski definition) is 3. The van der Waals surface area contributed by atoms with Crippen LogP contribution >= 0.6 is 12.2 Å². The molecular formula is C13H11FN2O2S. The Hall–Kier alpha value is -2.21. The van der Waals surface area contributed by atoms with E-state index < -0.39 is 11.7 Å². The lowest BCUT2D eigenvalue weighted by Crippen LogP contribution is -2.18. The summed E-state index contributed by atoms with van der Waals surface area (Å²) in [6.45, 7) is 1.72. The number of rotatable bonds is 3. The lowest BCUT2D eigenvalue weighted by Gasteiger charge is -2.09. The van der Waals surface area contributed by atoms with Crippen molar-refractivity contribution in [3.63, 3.8) is 0 Å². The van der Waals surface area contributed by atoms with Gasteiger partial charge in [0, 0.05) is 0 Å². The maximum atomic E-state index is 13.6. The highest BCUT2D eigenvalue weighted by Gasteiger charge is 2.16. The van der Waals surface area contributed by atoms with Crippen molar-refractivity contribution in [3.05, 3.63) is 53.2 Å². The Morgan fingerprint density at radius 1 is 1.37 bits per heavy atom. The molecular weight excluding hydrogens is 267 g/mol. The van der Waals surface area contributed by atoms with E-state index in [0.717, 1.165) is 0 Å². The Morgan fingerprint density at radius 3 is 2.68 bits per heavy atom. The predicted molar refractivity (Wildman–Crippen MR) is 73.7 cm³/mol. The number of carbonyl (C=O) groups is 1. The van der Waals surface area contributed by atoms with Gasteiger partial charge in [-0.15, -0.1) is 0 Å². The van der Waals surface area contributed by atoms with Crippen LogP contribution in [0.3, 0.4) is 0 Å². The molecule has 0 spiro atoms. The van der Waals surface area contributed by atoms with E-state index in [1.54, 1.807) is 13.0 Å². The molecule has 0 atom stereocenters. The number of benzene rings is 1. The zero-order chi connectivity index (χ0) is 14.0. The van der Waals surface area contributed by atoms with Crippen LogP contribution in [-0.4, -0.2) is 10.9 Å². The van der Waals surface area contributed by atoms with Gasteiger partial charge in [-0.05, 0) is 31.2 Å². The molecule has 1 aromatic carbocycles. The van der Waals surface area contributed by atoms with Gasteiger partial charge in [-0.2, -0.15) is 0 Å². The molecule has 3 N–H and O–H groups in total. The second kappa shape index (κ2) is 5.19. The first-order valence-electron chi connectivity index (χ1n) is 5.45. The predicted octanol–water partition coefficient (Wildman–Crippen LogP) is 2.61. The van der Waals surface area contributed by atoms with E-state index >= 15 is 0 Å². The van der Waals surface area contributed by atoms with Crippen LogP contribution in [0.1, 0.15) is 21.9 Å². The number of nitrogens with one attached hydrogen (secondary N) is 1. The Kier molecular flexibility index (Phi) is 3.62. The van der Waals surface area contributed by atoms with Crippen LogP contribution < -0.4 is 11.1 Å². The van der Waals surface area contributed by atoms with Gasteiger partial charge < -0.3 is 15.5 Å². The van der Waals surface area contributed by atoms with Gasteiger partial charge in [-0.25, -0.2) is 4.39 Å². The minimum Gasteiger partial charge on any atom is -0.456 e. The fraction of sp³-hybridized carbons (Fsp3) is 0.0769. The third-order valence-corrected chi connectivity index (χ3v) is 2.68. The molecule has 0 saturated carbocycles. The number of halogens is 1. The Morgan fingerprint density at radius 2 is 2.11 bits per heavy atom. The normalized spacial score (nSPS) is 10.2. The summed E-state index contributed by atoms with van der Waals surface area (Å²) in [6.07, 6.45) is 0. The van der Waals surface area contributed by atoms with E-state index in [2.05, 4.69) is 5.32 Å². The zero-order valence-electron chi connectivity index (χ0n) is 10.1. The van der Waals surface area contributed by atoms with E-state index in [1.807, 2.05) is 0 Å². The molecule has 6 heteroatoms. The Balaban J connectivity index is 2.31. The lowest BCUT2D eigenvalue weighted by atomic mass is 10.1. The van der Waals surface area contributed by atoms with E-state index in [1.165, 1.54) is 24.3 Å². The van der Waals surface area contributed by atoms with Gasteiger partial charge in [0.15, 0.2) is 5.76 Å². The molecule has 2 rings (SSSR count). The topological polar surface area (TPSA) is 68.3 Å². The fourth-order valence-corrected chi connectivity index (χ4v) is 1.83. The van der Waals surface area contributed by atoms with Crippen LogP contribution in [0.4, 0.5) is 10.1 Å². The van der Waals surface area contributed by atoms with Crippen molar-refractivity contribution in [2.24, 2.45) is 5.73 Å². The van der Waals surface area contributed by atoms with Crippen LogP contribution in [0, 0.1) is 12.7 Å².